The van der Waals surface area contributed by atoms with Gasteiger partial charge >= 0.3 is 0 Å². The first-order valence-electron chi connectivity index (χ1n) is 14.4. The van der Waals surface area contributed by atoms with Crippen LogP contribution in [0.4, 0.5) is 8.78 Å². The maximum Gasteiger partial charge on any atom is 0.243 e. The molecule has 0 saturated carbocycles. The minimum absolute atomic E-state index is 0.0307. The Morgan fingerprint density at radius 3 is 2.71 bits per heavy atom. The number of methoxy groups -OCH3 is 1. The summed E-state index contributed by atoms with van der Waals surface area (Å²) in [5.74, 6) is -1.86. The monoisotopic (exact) mass is 631 g/mol. The van der Waals surface area contributed by atoms with Crippen molar-refractivity contribution in [2.45, 2.75) is 19.4 Å². The third kappa shape index (κ3) is 7.11. The van der Waals surface area contributed by atoms with Crippen LogP contribution in [0.3, 0.4) is 0 Å². The number of aromatic amines is 1. The number of carbonyl (C=O) groups is 1. The molecule has 0 fully saturated rings. The van der Waals surface area contributed by atoms with E-state index in [9.17, 15) is 9.18 Å². The third-order valence-electron chi connectivity index (χ3n) is 7.32. The number of rotatable bonds is 13. The fraction of sp³-hybridized carbons (Fsp3) is 0.265. The summed E-state index contributed by atoms with van der Waals surface area (Å²) < 4.78 is 42.2. The lowest BCUT2D eigenvalue weighted by molar-refractivity contribution is -0.117. The Hall–Kier alpha value is -4.45. The maximum atomic E-state index is 15.9. The van der Waals surface area contributed by atoms with Crippen molar-refractivity contribution in [1.29, 1.82) is 0 Å². The van der Waals surface area contributed by atoms with Gasteiger partial charge in [0.2, 0.25) is 5.91 Å². The average molecular weight is 632 g/mol. The van der Waals surface area contributed by atoms with Crippen LogP contribution in [0.2, 0.25) is 0 Å². The van der Waals surface area contributed by atoms with Gasteiger partial charge in [-0.25, -0.2) is 13.8 Å². The number of H-pyrrole nitrogens is 1. The van der Waals surface area contributed by atoms with E-state index in [2.05, 4.69) is 39.1 Å². The van der Waals surface area contributed by atoms with Crippen molar-refractivity contribution in [1.82, 2.24) is 25.4 Å². The molecule has 0 aliphatic carbocycles. The van der Waals surface area contributed by atoms with Crippen LogP contribution in [0.5, 0.6) is 5.75 Å². The number of nitrogens with zero attached hydrogens (tertiary/aromatic N) is 3. The zero-order valence-electron chi connectivity index (χ0n) is 25.6. The van der Waals surface area contributed by atoms with Crippen molar-refractivity contribution >= 4 is 27.3 Å². The average Bonchev–Trinajstić information content (AvgIpc) is 3.71. The molecule has 8 nitrogen and oxygen atoms in total. The van der Waals surface area contributed by atoms with E-state index in [1.54, 1.807) is 6.07 Å². The second-order valence-electron chi connectivity index (χ2n) is 10.8. The molecule has 1 amide bonds. The van der Waals surface area contributed by atoms with Gasteiger partial charge in [0, 0.05) is 47.0 Å². The highest BCUT2D eigenvalue weighted by Gasteiger charge is 2.27. The molecule has 2 N–H and O–H groups in total. The first kappa shape index (κ1) is 32.0. The van der Waals surface area contributed by atoms with Crippen LogP contribution in [0.25, 0.3) is 43.9 Å². The van der Waals surface area contributed by atoms with Gasteiger partial charge in [-0.05, 0) is 62.7 Å². The Labute approximate surface area is 264 Å². The molecule has 0 aliphatic rings. The highest BCUT2D eigenvalue weighted by atomic mass is 32.1. The summed E-state index contributed by atoms with van der Waals surface area (Å²) in [6.07, 6.45) is 2.05. The molecule has 234 valence electrons. The summed E-state index contributed by atoms with van der Waals surface area (Å²) in [7, 11) is 5.60. The smallest absolute Gasteiger partial charge is 0.243 e. The SMILES string of the molecule is C=CC(=O)NC(C)c1cc(-c2nc(-c3cccc(CCN(C)C)c3)c3ccsc3c2-c2c(F)cc(F)cc2OCCOC)n[nH]1. The number of halogens is 2. The number of carbonyl (C=O) groups excluding carboxylic acids is 1. The third-order valence-corrected chi connectivity index (χ3v) is 8.25. The first-order chi connectivity index (χ1) is 21.7. The number of pyridine rings is 1. The molecule has 0 spiro atoms. The summed E-state index contributed by atoms with van der Waals surface area (Å²) in [6.45, 7) is 6.53. The number of aromatic nitrogens is 3. The van der Waals surface area contributed by atoms with Crippen LogP contribution < -0.4 is 10.1 Å². The molecular formula is C34H35F2N5O3S. The fourth-order valence-corrected chi connectivity index (χ4v) is 6.01. The molecule has 5 aromatic rings. The maximum absolute atomic E-state index is 15.9. The lowest BCUT2D eigenvalue weighted by atomic mass is 9.95. The van der Waals surface area contributed by atoms with Crippen molar-refractivity contribution in [3.8, 4) is 39.5 Å². The molecule has 11 heteroatoms. The molecule has 1 atom stereocenters. The number of likely N-dealkylation sites (N-methyl/N-ethyl adjacent to an activating group) is 1. The van der Waals surface area contributed by atoms with E-state index < -0.39 is 17.7 Å². The van der Waals surface area contributed by atoms with Gasteiger partial charge in [0.1, 0.15) is 35.4 Å². The summed E-state index contributed by atoms with van der Waals surface area (Å²) >= 11 is 1.43. The number of hydrogen-bond acceptors (Lipinski definition) is 7. The Balaban J connectivity index is 1.75. The van der Waals surface area contributed by atoms with E-state index in [1.165, 1.54) is 30.6 Å². The van der Waals surface area contributed by atoms with Gasteiger partial charge in [-0.15, -0.1) is 11.3 Å². The molecule has 45 heavy (non-hydrogen) atoms. The number of fused-ring (bicyclic) bond motifs is 1. The molecule has 0 saturated heterocycles. The Morgan fingerprint density at radius 1 is 1.13 bits per heavy atom. The minimum atomic E-state index is -0.791. The predicted octanol–water partition coefficient (Wildman–Crippen LogP) is 6.79. The van der Waals surface area contributed by atoms with Gasteiger partial charge in [-0.1, -0.05) is 24.8 Å². The van der Waals surface area contributed by atoms with Crippen molar-refractivity contribution in [2.75, 3.05) is 41.0 Å². The van der Waals surface area contributed by atoms with Crippen molar-refractivity contribution in [2.24, 2.45) is 0 Å². The Bertz CT molecular complexity index is 1830. The zero-order valence-corrected chi connectivity index (χ0v) is 26.4. The number of amides is 1. The van der Waals surface area contributed by atoms with Gasteiger partial charge in [0.25, 0.3) is 0 Å². The molecule has 0 radical (unpaired) electrons. The molecule has 1 unspecified atom stereocenters. The molecule has 5 rings (SSSR count). The number of thiophene rings is 1. The topological polar surface area (TPSA) is 92.4 Å². The summed E-state index contributed by atoms with van der Waals surface area (Å²) in [5, 5.41) is 13.1. The summed E-state index contributed by atoms with van der Waals surface area (Å²) in [5.41, 5.74) is 4.69. The highest BCUT2D eigenvalue weighted by molar-refractivity contribution is 7.18. The van der Waals surface area contributed by atoms with Gasteiger partial charge in [0.05, 0.1) is 29.6 Å². The fourth-order valence-electron chi connectivity index (χ4n) is 5.06. The van der Waals surface area contributed by atoms with E-state index in [0.717, 1.165) is 40.2 Å². The van der Waals surface area contributed by atoms with Crippen LogP contribution in [0, 0.1) is 11.6 Å². The minimum Gasteiger partial charge on any atom is -0.490 e. The highest BCUT2D eigenvalue weighted by Crippen LogP contribution is 2.47. The second kappa shape index (κ2) is 14.1. The van der Waals surface area contributed by atoms with Crippen molar-refractivity contribution in [3.63, 3.8) is 0 Å². The van der Waals surface area contributed by atoms with Crippen LogP contribution >= 0.6 is 11.3 Å². The largest absolute Gasteiger partial charge is 0.490 e. The van der Waals surface area contributed by atoms with Crippen LogP contribution in [0.15, 0.2) is 66.6 Å². The Kier molecular flexibility index (Phi) is 10.0. The first-order valence-corrected chi connectivity index (χ1v) is 15.3. The normalized spacial score (nSPS) is 12.1. The number of benzene rings is 2. The molecule has 2 aromatic carbocycles. The zero-order chi connectivity index (χ0) is 32.1. The van der Waals surface area contributed by atoms with Crippen LogP contribution in [0.1, 0.15) is 24.2 Å². The van der Waals surface area contributed by atoms with Crippen LogP contribution in [-0.2, 0) is 16.0 Å². The van der Waals surface area contributed by atoms with Crippen LogP contribution in [-0.4, -0.2) is 67.0 Å². The van der Waals surface area contributed by atoms with Gasteiger partial charge < -0.3 is 19.7 Å². The number of hydrogen-bond donors (Lipinski definition) is 2. The van der Waals surface area contributed by atoms with E-state index in [0.29, 0.717) is 28.3 Å². The lowest BCUT2D eigenvalue weighted by Crippen LogP contribution is -2.24. The molecule has 3 aromatic heterocycles. The van der Waals surface area contributed by atoms with Crippen molar-refractivity contribution in [3.05, 3.63) is 89.5 Å². The van der Waals surface area contributed by atoms with E-state index >= 15 is 4.39 Å². The lowest BCUT2D eigenvalue weighted by Gasteiger charge is -2.18. The predicted molar refractivity (Wildman–Crippen MR) is 174 cm³/mol. The molecule has 3 heterocycles. The van der Waals surface area contributed by atoms with Gasteiger partial charge in [-0.2, -0.15) is 5.10 Å². The second-order valence-corrected chi connectivity index (χ2v) is 11.8. The standard InChI is InChI=1S/C34H35F2N5O3S/c1-6-29(42)37-20(2)26-19-27(40-39-26)33-31(30-25(36)17-23(35)18-28(30)44-14-13-43-5)34-24(11-15-45-34)32(38-33)22-9-7-8-21(16-22)10-12-41(3)4/h6-9,11,15-20H,1,10,12-14H2,2-5H3,(H,37,42)(H,39,40). The summed E-state index contributed by atoms with van der Waals surface area (Å²) in [4.78, 5) is 19.3. The van der Waals surface area contributed by atoms with Crippen molar-refractivity contribution < 1.29 is 23.0 Å². The van der Waals surface area contributed by atoms with E-state index in [-0.39, 0.29) is 30.4 Å². The molecule has 0 bridgehead atoms. The quantitative estimate of drug-likeness (QED) is 0.110. The van der Waals surface area contributed by atoms with Gasteiger partial charge in [0.15, 0.2) is 0 Å². The molecule has 0 aliphatic heterocycles. The van der Waals surface area contributed by atoms with E-state index in [1.807, 2.05) is 44.6 Å². The summed E-state index contributed by atoms with van der Waals surface area (Å²) in [6, 6.07) is 13.5. The molecular weight excluding hydrogens is 596 g/mol. The number of ether oxygens (including phenoxy) is 2. The van der Waals surface area contributed by atoms with Gasteiger partial charge in [-0.3, -0.25) is 9.89 Å². The van der Waals surface area contributed by atoms with E-state index in [4.69, 9.17) is 14.5 Å². The number of nitrogens with one attached hydrogen (secondary N) is 2. The Morgan fingerprint density at radius 2 is 1.96 bits per heavy atom.